The molecule has 0 nitrogen and oxygen atoms in total. The first kappa shape index (κ1) is 14.1. The van der Waals surface area contributed by atoms with E-state index in [-0.39, 0.29) is 9.85 Å². The maximum atomic E-state index is 13.1. The summed E-state index contributed by atoms with van der Waals surface area (Å²) in [6.45, 7) is 0. The minimum absolute atomic E-state index is 0.0788. The van der Waals surface area contributed by atoms with Crippen LogP contribution in [0.3, 0.4) is 0 Å². The van der Waals surface area contributed by atoms with Crippen molar-refractivity contribution in [1.29, 1.82) is 0 Å². The summed E-state index contributed by atoms with van der Waals surface area (Å²) in [6, 6.07) is 9.74. The topological polar surface area (TPSA) is 0 Å². The predicted octanol–water partition coefficient (Wildman–Crippen LogP) is 6.27. The second kappa shape index (κ2) is 5.79. The van der Waals surface area contributed by atoms with E-state index in [9.17, 15) is 4.39 Å². The van der Waals surface area contributed by atoms with Crippen molar-refractivity contribution in [2.75, 3.05) is 0 Å². The summed E-state index contributed by atoms with van der Waals surface area (Å²) >= 11 is 21.3. The SMILES string of the molecule is Fc1ccc(C(Br)c2cc(Cl)ccc2Cl)cc1Cl. The first-order chi connectivity index (χ1) is 8.49. The lowest BCUT2D eigenvalue weighted by Gasteiger charge is -2.13. The van der Waals surface area contributed by atoms with E-state index in [4.69, 9.17) is 34.8 Å². The number of alkyl halides is 1. The molecule has 5 heteroatoms. The molecule has 0 aromatic heterocycles. The fraction of sp³-hybridized carbons (Fsp3) is 0.0769. The van der Waals surface area contributed by atoms with Crippen molar-refractivity contribution >= 4 is 50.7 Å². The van der Waals surface area contributed by atoms with E-state index in [1.54, 1.807) is 30.3 Å². The molecule has 1 unspecified atom stereocenters. The third-order valence-corrected chi connectivity index (χ3v) is 4.36. The van der Waals surface area contributed by atoms with Gasteiger partial charge in [0.2, 0.25) is 0 Å². The van der Waals surface area contributed by atoms with Gasteiger partial charge in [-0.2, -0.15) is 0 Å². The predicted molar refractivity (Wildman–Crippen MR) is 78.6 cm³/mol. The number of rotatable bonds is 2. The van der Waals surface area contributed by atoms with Crippen molar-refractivity contribution in [3.8, 4) is 0 Å². The Morgan fingerprint density at radius 1 is 0.944 bits per heavy atom. The van der Waals surface area contributed by atoms with Crippen LogP contribution in [-0.4, -0.2) is 0 Å². The standard InChI is InChI=1S/C13H7BrCl3F/c14-13(7-1-4-12(18)11(17)5-7)9-6-8(15)2-3-10(9)16/h1-6,13H. The van der Waals surface area contributed by atoms with Crippen LogP contribution in [0.25, 0.3) is 0 Å². The minimum atomic E-state index is -0.447. The molecule has 0 N–H and O–H groups in total. The zero-order chi connectivity index (χ0) is 13.3. The van der Waals surface area contributed by atoms with Gasteiger partial charge < -0.3 is 0 Å². The summed E-state index contributed by atoms with van der Waals surface area (Å²) in [5.41, 5.74) is 1.62. The van der Waals surface area contributed by atoms with Gasteiger partial charge in [0.15, 0.2) is 0 Å². The zero-order valence-electron chi connectivity index (χ0n) is 8.93. The first-order valence-corrected chi connectivity index (χ1v) is 7.08. The molecule has 0 amide bonds. The van der Waals surface area contributed by atoms with E-state index in [1.165, 1.54) is 6.07 Å². The molecule has 2 aromatic rings. The fourth-order valence-electron chi connectivity index (χ4n) is 1.56. The highest BCUT2D eigenvalue weighted by Crippen LogP contribution is 2.37. The Bertz CT molecular complexity index is 586. The molecule has 0 fully saturated rings. The normalized spacial score (nSPS) is 12.5. The molecule has 0 radical (unpaired) electrons. The van der Waals surface area contributed by atoms with Gasteiger partial charge in [-0.05, 0) is 41.5 Å². The maximum absolute atomic E-state index is 13.1. The van der Waals surface area contributed by atoms with Crippen LogP contribution in [-0.2, 0) is 0 Å². The van der Waals surface area contributed by atoms with Gasteiger partial charge in [-0.3, -0.25) is 0 Å². The quantitative estimate of drug-likeness (QED) is 0.548. The van der Waals surface area contributed by atoms with Gasteiger partial charge in [-0.1, -0.05) is 56.8 Å². The molecule has 0 aliphatic heterocycles. The van der Waals surface area contributed by atoms with Crippen LogP contribution in [0.4, 0.5) is 4.39 Å². The Morgan fingerprint density at radius 3 is 2.33 bits per heavy atom. The van der Waals surface area contributed by atoms with Gasteiger partial charge in [0, 0.05) is 10.0 Å². The van der Waals surface area contributed by atoms with Gasteiger partial charge in [0.1, 0.15) is 5.82 Å². The molecule has 0 heterocycles. The van der Waals surface area contributed by atoms with Gasteiger partial charge in [-0.25, -0.2) is 4.39 Å². The fourth-order valence-corrected chi connectivity index (χ4v) is 2.95. The van der Waals surface area contributed by atoms with Crippen molar-refractivity contribution in [3.05, 3.63) is 68.4 Å². The summed E-state index contributed by atoms with van der Waals surface area (Å²) in [7, 11) is 0. The lowest BCUT2D eigenvalue weighted by atomic mass is 10.0. The Labute approximate surface area is 128 Å². The second-order valence-electron chi connectivity index (χ2n) is 3.70. The van der Waals surface area contributed by atoms with Gasteiger partial charge in [0.05, 0.1) is 9.85 Å². The van der Waals surface area contributed by atoms with E-state index in [2.05, 4.69) is 15.9 Å². The van der Waals surface area contributed by atoms with E-state index < -0.39 is 5.82 Å². The van der Waals surface area contributed by atoms with Gasteiger partial charge in [-0.15, -0.1) is 0 Å². The minimum Gasteiger partial charge on any atom is -0.205 e. The molecule has 0 aliphatic rings. The highest BCUT2D eigenvalue weighted by molar-refractivity contribution is 9.09. The Morgan fingerprint density at radius 2 is 1.67 bits per heavy atom. The first-order valence-electron chi connectivity index (χ1n) is 5.03. The third-order valence-electron chi connectivity index (χ3n) is 2.47. The molecule has 0 saturated heterocycles. The molecule has 94 valence electrons. The molecule has 2 aromatic carbocycles. The lowest BCUT2D eigenvalue weighted by Crippen LogP contribution is -1.95. The van der Waals surface area contributed by atoms with Crippen LogP contribution < -0.4 is 0 Å². The average Bonchev–Trinajstić information content (AvgIpc) is 2.35. The van der Waals surface area contributed by atoms with Crippen molar-refractivity contribution in [3.63, 3.8) is 0 Å². The van der Waals surface area contributed by atoms with Crippen molar-refractivity contribution in [2.24, 2.45) is 0 Å². The van der Waals surface area contributed by atoms with E-state index in [1.807, 2.05) is 0 Å². The van der Waals surface area contributed by atoms with Crippen molar-refractivity contribution in [2.45, 2.75) is 4.83 Å². The van der Waals surface area contributed by atoms with E-state index >= 15 is 0 Å². The maximum Gasteiger partial charge on any atom is 0.141 e. The smallest absolute Gasteiger partial charge is 0.141 e. The van der Waals surface area contributed by atoms with Crippen LogP contribution in [0, 0.1) is 5.82 Å². The molecule has 0 saturated carbocycles. The van der Waals surface area contributed by atoms with Crippen LogP contribution in [0.5, 0.6) is 0 Å². The summed E-state index contributed by atoms with van der Waals surface area (Å²) in [5, 5.41) is 1.25. The van der Waals surface area contributed by atoms with Crippen LogP contribution >= 0.6 is 50.7 Å². The highest BCUT2D eigenvalue weighted by atomic mass is 79.9. The number of hydrogen-bond donors (Lipinski definition) is 0. The molecule has 2 rings (SSSR count). The molecule has 1 atom stereocenters. The number of halogens is 5. The highest BCUT2D eigenvalue weighted by Gasteiger charge is 2.15. The van der Waals surface area contributed by atoms with Crippen molar-refractivity contribution < 1.29 is 4.39 Å². The Balaban J connectivity index is 2.44. The van der Waals surface area contributed by atoms with E-state index in [0.717, 1.165) is 11.1 Å². The Kier molecular flexibility index (Phi) is 4.54. The molecular weight excluding hydrogens is 361 g/mol. The zero-order valence-corrected chi connectivity index (χ0v) is 12.8. The molecule has 0 bridgehead atoms. The van der Waals surface area contributed by atoms with Gasteiger partial charge in [0.25, 0.3) is 0 Å². The monoisotopic (exact) mass is 366 g/mol. The van der Waals surface area contributed by atoms with Gasteiger partial charge >= 0.3 is 0 Å². The molecule has 18 heavy (non-hydrogen) atoms. The summed E-state index contributed by atoms with van der Waals surface area (Å²) in [4.78, 5) is -0.193. The summed E-state index contributed by atoms with van der Waals surface area (Å²) in [6.07, 6.45) is 0. The third kappa shape index (κ3) is 3.00. The Hall–Kier alpha value is -0.280. The molecular formula is C13H7BrCl3F. The summed E-state index contributed by atoms with van der Waals surface area (Å²) < 4.78 is 13.1. The largest absolute Gasteiger partial charge is 0.205 e. The van der Waals surface area contributed by atoms with Crippen LogP contribution in [0.1, 0.15) is 16.0 Å². The summed E-state index contributed by atoms with van der Waals surface area (Å²) in [5.74, 6) is -0.447. The second-order valence-corrected chi connectivity index (χ2v) is 5.87. The van der Waals surface area contributed by atoms with Crippen LogP contribution in [0.2, 0.25) is 15.1 Å². The number of hydrogen-bond acceptors (Lipinski definition) is 0. The van der Waals surface area contributed by atoms with Crippen LogP contribution in [0.15, 0.2) is 36.4 Å². The lowest BCUT2D eigenvalue weighted by molar-refractivity contribution is 0.627. The molecule has 0 spiro atoms. The van der Waals surface area contributed by atoms with E-state index in [0.29, 0.717) is 10.0 Å². The average molecular weight is 368 g/mol. The van der Waals surface area contributed by atoms with Crippen molar-refractivity contribution in [1.82, 2.24) is 0 Å². The molecule has 0 aliphatic carbocycles. The number of benzene rings is 2.